The lowest BCUT2D eigenvalue weighted by Gasteiger charge is -2.06. The first kappa shape index (κ1) is 14.4. The fourth-order valence-corrected chi connectivity index (χ4v) is 1.83. The topological polar surface area (TPSA) is 107 Å². The quantitative estimate of drug-likeness (QED) is 0.516. The minimum atomic E-state index is -0.801. The van der Waals surface area contributed by atoms with Crippen molar-refractivity contribution in [2.75, 3.05) is 0 Å². The van der Waals surface area contributed by atoms with Gasteiger partial charge in [-0.3, -0.25) is 19.7 Å². The third-order valence-electron chi connectivity index (χ3n) is 2.97. The summed E-state index contributed by atoms with van der Waals surface area (Å²) in [5, 5.41) is 20.4. The van der Waals surface area contributed by atoms with Crippen LogP contribution in [0.3, 0.4) is 0 Å². The lowest BCUT2D eigenvalue weighted by atomic mass is 10.1. The summed E-state index contributed by atoms with van der Waals surface area (Å²) in [7, 11) is 0. The summed E-state index contributed by atoms with van der Waals surface area (Å²) in [5.41, 5.74) is 0.0861. The molecule has 0 saturated carbocycles. The van der Waals surface area contributed by atoms with Crippen molar-refractivity contribution in [1.82, 2.24) is 0 Å². The molecule has 1 aliphatic carbocycles. The third-order valence-corrected chi connectivity index (χ3v) is 2.97. The van der Waals surface area contributed by atoms with Crippen LogP contribution in [0.5, 0.6) is 0 Å². The molecular weight excluding hydrogens is 278 g/mol. The number of rotatable bonds is 4. The first-order valence-corrected chi connectivity index (χ1v) is 5.99. The van der Waals surface area contributed by atoms with Gasteiger partial charge in [-0.05, 0) is 6.92 Å². The van der Waals surface area contributed by atoms with Crippen LogP contribution in [0.2, 0.25) is 0 Å². The van der Waals surface area contributed by atoms with Gasteiger partial charge < -0.3 is 9.84 Å². The van der Waals surface area contributed by atoms with E-state index in [4.69, 9.17) is 4.74 Å². The number of allylic oxidation sites excluding steroid dienone is 2. The maximum absolute atomic E-state index is 11.8. The van der Waals surface area contributed by atoms with Gasteiger partial charge in [0.25, 0.3) is 5.69 Å². The van der Waals surface area contributed by atoms with Gasteiger partial charge in [-0.2, -0.15) is 0 Å². The molecule has 1 N–H and O–H groups in total. The van der Waals surface area contributed by atoms with Gasteiger partial charge in [0.15, 0.2) is 17.3 Å². The van der Waals surface area contributed by atoms with Gasteiger partial charge in [0.05, 0.1) is 11.3 Å². The zero-order valence-corrected chi connectivity index (χ0v) is 11.0. The highest BCUT2D eigenvalue weighted by atomic mass is 16.6. The number of nitro groups is 1. The Morgan fingerprint density at radius 1 is 1.38 bits per heavy atom. The zero-order chi connectivity index (χ0) is 15.6. The molecule has 0 saturated heterocycles. The molecule has 0 fully saturated rings. The van der Waals surface area contributed by atoms with E-state index in [1.54, 1.807) is 6.07 Å². The van der Waals surface area contributed by atoms with E-state index in [9.17, 15) is 24.8 Å². The number of carbonyl (C=O) groups is 2. The molecule has 1 aliphatic rings. The number of esters is 1. The van der Waals surface area contributed by atoms with E-state index < -0.39 is 22.4 Å². The number of aliphatic hydroxyl groups is 1. The van der Waals surface area contributed by atoms with E-state index in [0.717, 1.165) is 6.08 Å². The Morgan fingerprint density at radius 3 is 2.62 bits per heavy atom. The van der Waals surface area contributed by atoms with Crippen molar-refractivity contribution in [1.29, 1.82) is 0 Å². The summed E-state index contributed by atoms with van der Waals surface area (Å²) in [5.74, 6) is -1.87. The molecule has 0 unspecified atom stereocenters. The minimum absolute atomic E-state index is 0.0866. The zero-order valence-electron chi connectivity index (χ0n) is 11.0. The Bertz CT molecular complexity index is 701. The molecule has 2 rings (SSSR count). The highest BCUT2D eigenvalue weighted by Crippen LogP contribution is 2.24. The molecule has 7 heteroatoms. The molecule has 0 atom stereocenters. The predicted octanol–water partition coefficient (Wildman–Crippen LogP) is 1.98. The Kier molecular flexibility index (Phi) is 3.84. The van der Waals surface area contributed by atoms with Gasteiger partial charge in [-0.25, -0.2) is 0 Å². The normalized spacial score (nSPS) is 14.1. The molecule has 0 radical (unpaired) electrons. The van der Waals surface area contributed by atoms with Crippen LogP contribution in [0.4, 0.5) is 5.69 Å². The average Bonchev–Trinajstić information content (AvgIpc) is 2.66. The number of ether oxygens (including phenoxy) is 1. The molecule has 0 aromatic heterocycles. The Hall–Kier alpha value is -2.96. The summed E-state index contributed by atoms with van der Waals surface area (Å²) in [6, 6.07) is 5.77. The predicted molar refractivity (Wildman–Crippen MR) is 71.3 cm³/mol. The van der Waals surface area contributed by atoms with Crippen molar-refractivity contribution in [3.8, 4) is 0 Å². The minimum Gasteiger partial charge on any atom is -0.504 e. The summed E-state index contributed by atoms with van der Waals surface area (Å²) < 4.78 is 4.87. The van der Waals surface area contributed by atoms with Crippen molar-refractivity contribution in [3.05, 3.63) is 63.1 Å². The van der Waals surface area contributed by atoms with Crippen LogP contribution in [0, 0.1) is 10.1 Å². The monoisotopic (exact) mass is 289 g/mol. The van der Waals surface area contributed by atoms with Crippen molar-refractivity contribution in [2.45, 2.75) is 13.3 Å². The number of carbonyl (C=O) groups excluding carboxylic acids is 2. The first-order chi connectivity index (χ1) is 9.90. The summed E-state index contributed by atoms with van der Waals surface area (Å²) >= 11 is 0. The summed E-state index contributed by atoms with van der Waals surface area (Å²) in [6.07, 6.45) is 0.664. The molecule has 0 heterocycles. The molecule has 1 aromatic rings. The number of nitro benzene ring substituents is 1. The number of benzene rings is 1. The molecule has 0 bridgehead atoms. The number of para-hydroxylation sites is 1. The van der Waals surface area contributed by atoms with Crippen LogP contribution in [0.15, 0.2) is 47.4 Å². The molecule has 0 spiro atoms. The van der Waals surface area contributed by atoms with Crippen LogP contribution in [-0.4, -0.2) is 21.8 Å². The molecule has 7 nitrogen and oxygen atoms in total. The van der Waals surface area contributed by atoms with E-state index >= 15 is 0 Å². The second-order valence-electron chi connectivity index (χ2n) is 4.38. The standard InChI is InChI=1S/C14H11NO6/c1-8-11(16)7-12(14(8)18)21-13(17)6-9-4-2-3-5-10(9)15(19)20/h2-5,7,18H,6H2,1H3. The Balaban J connectivity index is 2.13. The van der Waals surface area contributed by atoms with E-state index in [1.807, 2.05) is 0 Å². The molecular formula is C14H11NO6. The van der Waals surface area contributed by atoms with Crippen LogP contribution < -0.4 is 0 Å². The van der Waals surface area contributed by atoms with Crippen LogP contribution in [0.1, 0.15) is 12.5 Å². The number of hydrogen-bond donors (Lipinski definition) is 1. The molecule has 0 amide bonds. The smallest absolute Gasteiger partial charge is 0.316 e. The largest absolute Gasteiger partial charge is 0.504 e. The van der Waals surface area contributed by atoms with Gasteiger partial charge in [0, 0.05) is 23.3 Å². The molecule has 21 heavy (non-hydrogen) atoms. The van der Waals surface area contributed by atoms with Gasteiger partial charge in [-0.15, -0.1) is 0 Å². The van der Waals surface area contributed by atoms with Crippen molar-refractivity contribution in [2.24, 2.45) is 0 Å². The van der Waals surface area contributed by atoms with Crippen LogP contribution in [0.25, 0.3) is 0 Å². The number of ketones is 1. The maximum atomic E-state index is 11.8. The highest BCUT2D eigenvalue weighted by Gasteiger charge is 2.25. The van der Waals surface area contributed by atoms with Crippen LogP contribution in [-0.2, 0) is 20.7 Å². The maximum Gasteiger partial charge on any atom is 0.316 e. The number of hydrogen-bond acceptors (Lipinski definition) is 6. The van der Waals surface area contributed by atoms with E-state index in [2.05, 4.69) is 0 Å². The molecule has 1 aromatic carbocycles. The number of aliphatic hydroxyl groups excluding tert-OH is 1. The van der Waals surface area contributed by atoms with E-state index in [-0.39, 0.29) is 29.0 Å². The summed E-state index contributed by atoms with van der Waals surface area (Å²) in [6.45, 7) is 1.40. The van der Waals surface area contributed by atoms with Gasteiger partial charge in [0.2, 0.25) is 0 Å². The fourth-order valence-electron chi connectivity index (χ4n) is 1.83. The first-order valence-electron chi connectivity index (χ1n) is 5.99. The average molecular weight is 289 g/mol. The Morgan fingerprint density at radius 2 is 2.05 bits per heavy atom. The Labute approximate surface area is 119 Å². The second-order valence-corrected chi connectivity index (χ2v) is 4.38. The molecule has 0 aliphatic heterocycles. The van der Waals surface area contributed by atoms with Crippen LogP contribution >= 0.6 is 0 Å². The van der Waals surface area contributed by atoms with Crippen molar-refractivity contribution >= 4 is 17.4 Å². The third kappa shape index (κ3) is 2.97. The van der Waals surface area contributed by atoms with E-state index in [1.165, 1.54) is 25.1 Å². The van der Waals surface area contributed by atoms with Gasteiger partial charge in [-0.1, -0.05) is 18.2 Å². The fraction of sp³-hybridized carbons (Fsp3) is 0.143. The number of nitrogens with zero attached hydrogens (tertiary/aromatic N) is 1. The SMILES string of the molecule is CC1=C(O)C(OC(=O)Cc2ccccc2[N+](=O)[O-])=CC1=O. The lowest BCUT2D eigenvalue weighted by molar-refractivity contribution is -0.385. The van der Waals surface area contributed by atoms with Crippen molar-refractivity contribution < 1.29 is 24.4 Å². The van der Waals surface area contributed by atoms with Crippen molar-refractivity contribution in [3.63, 3.8) is 0 Å². The lowest BCUT2D eigenvalue weighted by Crippen LogP contribution is -2.10. The summed E-state index contributed by atoms with van der Waals surface area (Å²) in [4.78, 5) is 33.3. The molecule has 108 valence electrons. The van der Waals surface area contributed by atoms with E-state index in [0.29, 0.717) is 0 Å². The van der Waals surface area contributed by atoms with Gasteiger partial charge in [0.1, 0.15) is 0 Å². The second kappa shape index (κ2) is 5.58. The highest BCUT2D eigenvalue weighted by molar-refractivity contribution is 6.08. The van der Waals surface area contributed by atoms with Gasteiger partial charge >= 0.3 is 5.97 Å².